The monoisotopic (exact) mass is 520 g/mol. The summed E-state index contributed by atoms with van der Waals surface area (Å²) in [5.41, 5.74) is 7.69. The SMILES string of the molecule is COc1ccccc1-c1ccc2c(c1)NC(=O)C2=Cc1[nH]c(C)c(C(=O)NCCN(C)C)c1-c1ccccc1. The summed E-state index contributed by atoms with van der Waals surface area (Å²) < 4.78 is 5.53. The van der Waals surface area contributed by atoms with Crippen LogP contribution in [0.2, 0.25) is 0 Å². The van der Waals surface area contributed by atoms with Gasteiger partial charge in [-0.3, -0.25) is 9.59 Å². The van der Waals surface area contributed by atoms with E-state index >= 15 is 0 Å². The topological polar surface area (TPSA) is 86.5 Å². The smallest absolute Gasteiger partial charge is 0.256 e. The van der Waals surface area contributed by atoms with E-state index < -0.39 is 0 Å². The van der Waals surface area contributed by atoms with Gasteiger partial charge < -0.3 is 25.3 Å². The van der Waals surface area contributed by atoms with Crippen molar-refractivity contribution in [2.75, 3.05) is 39.6 Å². The second kappa shape index (κ2) is 11.0. The van der Waals surface area contributed by atoms with Gasteiger partial charge in [-0.1, -0.05) is 60.7 Å². The predicted octanol–water partition coefficient (Wildman–Crippen LogP) is 5.45. The highest BCUT2D eigenvalue weighted by Crippen LogP contribution is 2.40. The van der Waals surface area contributed by atoms with Gasteiger partial charge in [0, 0.05) is 46.9 Å². The first-order chi connectivity index (χ1) is 18.9. The van der Waals surface area contributed by atoms with Crippen molar-refractivity contribution in [3.8, 4) is 28.0 Å². The van der Waals surface area contributed by atoms with Crippen LogP contribution in [0.25, 0.3) is 33.9 Å². The van der Waals surface area contributed by atoms with E-state index in [1.54, 1.807) is 7.11 Å². The molecule has 0 saturated carbocycles. The maximum atomic E-state index is 13.3. The van der Waals surface area contributed by atoms with Crippen LogP contribution >= 0.6 is 0 Å². The van der Waals surface area contributed by atoms with Crippen molar-refractivity contribution < 1.29 is 14.3 Å². The van der Waals surface area contributed by atoms with Gasteiger partial charge in [0.15, 0.2) is 0 Å². The Bertz CT molecular complexity index is 1570. The number of fused-ring (bicyclic) bond motifs is 1. The summed E-state index contributed by atoms with van der Waals surface area (Å²) in [7, 11) is 5.59. The Morgan fingerprint density at radius 3 is 2.46 bits per heavy atom. The van der Waals surface area contributed by atoms with E-state index in [1.807, 2.05) is 105 Å². The molecule has 0 bridgehead atoms. The minimum atomic E-state index is -0.189. The molecule has 4 aromatic rings. The molecule has 0 spiro atoms. The van der Waals surface area contributed by atoms with Crippen molar-refractivity contribution in [3.05, 3.63) is 95.3 Å². The highest BCUT2D eigenvalue weighted by Gasteiger charge is 2.27. The van der Waals surface area contributed by atoms with Crippen LogP contribution in [-0.2, 0) is 4.79 Å². The molecule has 1 aliphatic rings. The summed E-state index contributed by atoms with van der Waals surface area (Å²) in [5, 5.41) is 6.04. The molecule has 2 amide bonds. The highest BCUT2D eigenvalue weighted by atomic mass is 16.5. The number of rotatable bonds is 8. The Labute approximate surface area is 228 Å². The molecular weight excluding hydrogens is 488 g/mol. The molecule has 0 saturated heterocycles. The third kappa shape index (κ3) is 5.22. The number of hydrogen-bond donors (Lipinski definition) is 3. The van der Waals surface area contributed by atoms with Gasteiger partial charge in [-0.2, -0.15) is 0 Å². The highest BCUT2D eigenvalue weighted by molar-refractivity contribution is 6.35. The van der Waals surface area contributed by atoms with Crippen LogP contribution in [0.4, 0.5) is 5.69 Å². The summed E-state index contributed by atoms with van der Waals surface area (Å²) in [6, 6.07) is 23.5. The lowest BCUT2D eigenvalue weighted by Gasteiger charge is -2.12. The van der Waals surface area contributed by atoms with Gasteiger partial charge in [-0.05, 0) is 50.4 Å². The molecule has 0 atom stereocenters. The molecule has 1 aliphatic heterocycles. The lowest BCUT2D eigenvalue weighted by Crippen LogP contribution is -2.31. The zero-order valence-electron chi connectivity index (χ0n) is 22.6. The fraction of sp³-hybridized carbons (Fsp3) is 0.188. The number of likely N-dealkylation sites (N-methyl/N-ethyl adjacent to an activating group) is 1. The van der Waals surface area contributed by atoms with E-state index in [0.717, 1.165) is 51.5 Å². The second-order valence-corrected chi connectivity index (χ2v) is 9.81. The molecular formula is C32H32N4O3. The molecule has 1 aromatic heterocycles. The van der Waals surface area contributed by atoms with Crippen LogP contribution in [0.15, 0.2) is 72.8 Å². The third-order valence-corrected chi connectivity index (χ3v) is 6.86. The lowest BCUT2D eigenvalue weighted by molar-refractivity contribution is -0.110. The Hall–Kier alpha value is -4.62. The van der Waals surface area contributed by atoms with E-state index in [4.69, 9.17) is 4.74 Å². The molecule has 39 heavy (non-hydrogen) atoms. The molecule has 3 aromatic carbocycles. The minimum Gasteiger partial charge on any atom is -0.496 e. The van der Waals surface area contributed by atoms with Crippen LogP contribution in [0.5, 0.6) is 5.75 Å². The molecule has 2 heterocycles. The number of amides is 2. The number of aryl methyl sites for hydroxylation is 1. The average molecular weight is 521 g/mol. The second-order valence-electron chi connectivity index (χ2n) is 9.81. The van der Waals surface area contributed by atoms with Crippen LogP contribution in [0.1, 0.15) is 27.3 Å². The first kappa shape index (κ1) is 26.0. The largest absolute Gasteiger partial charge is 0.496 e. The molecule has 7 nitrogen and oxygen atoms in total. The van der Waals surface area contributed by atoms with E-state index in [-0.39, 0.29) is 11.8 Å². The fourth-order valence-corrected chi connectivity index (χ4v) is 4.96. The number of carbonyl (C=O) groups is 2. The van der Waals surface area contributed by atoms with Crippen LogP contribution in [-0.4, -0.2) is 56.0 Å². The van der Waals surface area contributed by atoms with Crippen molar-refractivity contribution in [1.29, 1.82) is 0 Å². The normalized spacial score (nSPS) is 13.5. The summed E-state index contributed by atoms with van der Waals surface area (Å²) in [5.74, 6) is 0.431. The maximum absolute atomic E-state index is 13.3. The van der Waals surface area contributed by atoms with E-state index in [1.165, 1.54) is 0 Å². The Morgan fingerprint density at radius 1 is 0.974 bits per heavy atom. The van der Waals surface area contributed by atoms with Crippen molar-refractivity contribution in [3.63, 3.8) is 0 Å². The van der Waals surface area contributed by atoms with E-state index in [2.05, 4.69) is 15.6 Å². The Morgan fingerprint density at radius 2 is 1.72 bits per heavy atom. The van der Waals surface area contributed by atoms with Gasteiger partial charge in [0.05, 0.1) is 18.2 Å². The minimum absolute atomic E-state index is 0.146. The van der Waals surface area contributed by atoms with Crippen molar-refractivity contribution in [2.24, 2.45) is 0 Å². The van der Waals surface area contributed by atoms with Crippen molar-refractivity contribution in [1.82, 2.24) is 15.2 Å². The molecule has 3 N–H and O–H groups in total. The van der Waals surface area contributed by atoms with Crippen LogP contribution < -0.4 is 15.4 Å². The first-order valence-electron chi connectivity index (χ1n) is 12.9. The van der Waals surface area contributed by atoms with Crippen molar-refractivity contribution in [2.45, 2.75) is 6.92 Å². The number of hydrogen-bond acceptors (Lipinski definition) is 4. The molecule has 0 unspecified atom stereocenters. The van der Waals surface area contributed by atoms with E-state index in [9.17, 15) is 9.59 Å². The van der Waals surface area contributed by atoms with Gasteiger partial charge in [0.2, 0.25) is 0 Å². The number of ether oxygens (including phenoxy) is 1. The van der Waals surface area contributed by atoms with Crippen LogP contribution in [0.3, 0.4) is 0 Å². The number of nitrogens with one attached hydrogen (secondary N) is 3. The van der Waals surface area contributed by atoms with Gasteiger partial charge in [-0.15, -0.1) is 0 Å². The summed E-state index contributed by atoms with van der Waals surface area (Å²) >= 11 is 0. The number of para-hydroxylation sites is 1. The number of carbonyl (C=O) groups excluding carboxylic acids is 2. The molecule has 7 heteroatoms. The van der Waals surface area contributed by atoms with Gasteiger partial charge in [-0.25, -0.2) is 0 Å². The Balaban J connectivity index is 1.57. The average Bonchev–Trinajstić information content (AvgIpc) is 3.43. The molecule has 5 rings (SSSR count). The van der Waals surface area contributed by atoms with E-state index in [0.29, 0.717) is 23.4 Å². The standard InChI is InChI=1S/C32H32N4O3/c1-20-29(32(38)33-16-17-36(2)3)30(21-10-6-5-7-11-21)27(34-20)19-25-24-15-14-22(18-26(24)35-31(25)37)23-12-8-9-13-28(23)39-4/h5-15,18-19,34H,16-17H2,1-4H3,(H,33,38)(H,35,37). The van der Waals surface area contributed by atoms with Crippen molar-refractivity contribution >= 4 is 29.2 Å². The maximum Gasteiger partial charge on any atom is 0.256 e. The summed E-state index contributed by atoms with van der Waals surface area (Å²) in [6.45, 7) is 3.16. The number of benzene rings is 3. The molecule has 0 radical (unpaired) electrons. The lowest BCUT2D eigenvalue weighted by atomic mass is 9.96. The van der Waals surface area contributed by atoms with Crippen LogP contribution in [0, 0.1) is 6.92 Å². The molecule has 0 aliphatic carbocycles. The molecule has 0 fully saturated rings. The summed E-state index contributed by atoms with van der Waals surface area (Å²) in [4.78, 5) is 31.9. The number of H-pyrrole nitrogens is 1. The fourth-order valence-electron chi connectivity index (χ4n) is 4.96. The number of nitrogens with zero attached hydrogens (tertiary/aromatic N) is 1. The Kier molecular flexibility index (Phi) is 7.34. The van der Waals surface area contributed by atoms with Gasteiger partial charge in [0.1, 0.15) is 5.75 Å². The van der Waals surface area contributed by atoms with Gasteiger partial charge in [0.25, 0.3) is 11.8 Å². The number of anilines is 1. The third-order valence-electron chi connectivity index (χ3n) is 6.86. The first-order valence-corrected chi connectivity index (χ1v) is 12.9. The predicted molar refractivity (Wildman–Crippen MR) is 157 cm³/mol. The molecule has 198 valence electrons. The number of aromatic nitrogens is 1. The van der Waals surface area contributed by atoms with Gasteiger partial charge >= 0.3 is 0 Å². The number of aromatic amines is 1. The zero-order valence-corrected chi connectivity index (χ0v) is 22.6. The number of methoxy groups -OCH3 is 1. The quantitative estimate of drug-likeness (QED) is 0.270. The summed E-state index contributed by atoms with van der Waals surface area (Å²) in [6.07, 6.45) is 1.84. The zero-order chi connectivity index (χ0) is 27.5.